The number of hydrogen-bond donors (Lipinski definition) is 0. The standard InChI is InChI=1S/C17H22BrN3OS.ClH/c1-12(22)21(15-9-7-13(18)8-10-15)16-11-23-17(20(16)2)19-14-5-3-4-6-14;/h7-10,14,16H,3-6,11H2,1-2H3;1H. The molecule has 1 unspecified atom stereocenters. The van der Waals surface area contributed by atoms with E-state index >= 15 is 0 Å². The molecule has 1 saturated heterocycles. The van der Waals surface area contributed by atoms with Crippen LogP contribution in [-0.4, -0.2) is 41.0 Å². The minimum atomic E-state index is 0. The molecule has 2 fully saturated rings. The van der Waals surface area contributed by atoms with E-state index in [1.165, 1.54) is 25.7 Å². The van der Waals surface area contributed by atoms with Crippen LogP contribution in [0.15, 0.2) is 33.7 Å². The molecule has 1 aromatic carbocycles. The highest BCUT2D eigenvalue weighted by molar-refractivity contribution is 9.10. The van der Waals surface area contributed by atoms with E-state index in [-0.39, 0.29) is 24.5 Å². The van der Waals surface area contributed by atoms with Gasteiger partial charge < -0.3 is 4.90 Å². The molecule has 1 atom stereocenters. The summed E-state index contributed by atoms with van der Waals surface area (Å²) in [6.45, 7) is 1.63. The molecule has 3 rings (SSSR count). The molecule has 0 spiro atoms. The van der Waals surface area contributed by atoms with Crippen LogP contribution >= 0.6 is 40.1 Å². The minimum absolute atomic E-state index is 0. The first kappa shape index (κ1) is 19.6. The lowest BCUT2D eigenvalue weighted by molar-refractivity contribution is -0.117. The van der Waals surface area contributed by atoms with E-state index in [4.69, 9.17) is 4.99 Å². The maximum Gasteiger partial charge on any atom is 0.225 e. The van der Waals surface area contributed by atoms with Crippen molar-refractivity contribution >= 4 is 56.9 Å². The van der Waals surface area contributed by atoms with Crippen LogP contribution in [0.2, 0.25) is 0 Å². The van der Waals surface area contributed by atoms with Gasteiger partial charge in [-0.2, -0.15) is 0 Å². The smallest absolute Gasteiger partial charge is 0.225 e. The molecule has 24 heavy (non-hydrogen) atoms. The van der Waals surface area contributed by atoms with Crippen LogP contribution in [0.1, 0.15) is 32.6 Å². The molecule has 0 aromatic heterocycles. The summed E-state index contributed by atoms with van der Waals surface area (Å²) in [5, 5.41) is 1.07. The number of aliphatic imine (C=N–C) groups is 1. The molecule has 0 bridgehead atoms. The molecule has 1 aliphatic carbocycles. The molecule has 1 aliphatic heterocycles. The summed E-state index contributed by atoms with van der Waals surface area (Å²) in [5.74, 6) is 0.921. The summed E-state index contributed by atoms with van der Waals surface area (Å²) in [5.41, 5.74) is 0.931. The molecule has 132 valence electrons. The van der Waals surface area contributed by atoms with E-state index in [2.05, 4.69) is 20.8 Å². The summed E-state index contributed by atoms with van der Waals surface area (Å²) in [6.07, 6.45) is 5.01. The number of amidine groups is 1. The van der Waals surface area contributed by atoms with E-state index in [1.807, 2.05) is 36.2 Å². The molecule has 0 radical (unpaired) electrons. The monoisotopic (exact) mass is 431 g/mol. The Hall–Kier alpha value is -0.720. The van der Waals surface area contributed by atoms with Gasteiger partial charge in [-0.15, -0.1) is 12.4 Å². The largest absolute Gasteiger partial charge is 0.333 e. The van der Waals surface area contributed by atoms with Gasteiger partial charge in [0.2, 0.25) is 5.91 Å². The van der Waals surface area contributed by atoms with Crippen molar-refractivity contribution in [2.24, 2.45) is 4.99 Å². The lowest BCUT2D eigenvalue weighted by atomic mass is 10.2. The zero-order chi connectivity index (χ0) is 16.4. The second-order valence-electron chi connectivity index (χ2n) is 6.12. The predicted molar refractivity (Wildman–Crippen MR) is 108 cm³/mol. The number of hydrogen-bond acceptors (Lipinski definition) is 3. The van der Waals surface area contributed by atoms with Gasteiger partial charge in [-0.3, -0.25) is 14.7 Å². The molecule has 1 heterocycles. The Kier molecular flexibility index (Phi) is 7.01. The Bertz CT molecular complexity index is 604. The quantitative estimate of drug-likeness (QED) is 0.704. The normalized spacial score (nSPS) is 22.7. The zero-order valence-corrected chi connectivity index (χ0v) is 17.2. The number of rotatable bonds is 3. The fraction of sp³-hybridized carbons (Fsp3) is 0.529. The van der Waals surface area contributed by atoms with Crippen molar-refractivity contribution in [2.45, 2.75) is 44.8 Å². The molecule has 4 nitrogen and oxygen atoms in total. The summed E-state index contributed by atoms with van der Waals surface area (Å²) < 4.78 is 1.02. The molecule has 0 N–H and O–H groups in total. The Morgan fingerprint density at radius 1 is 1.29 bits per heavy atom. The van der Waals surface area contributed by atoms with Crippen LogP contribution in [0, 0.1) is 0 Å². The van der Waals surface area contributed by atoms with Crippen LogP contribution in [0.5, 0.6) is 0 Å². The van der Waals surface area contributed by atoms with Crippen LogP contribution in [0.3, 0.4) is 0 Å². The maximum absolute atomic E-state index is 12.3. The minimum Gasteiger partial charge on any atom is -0.333 e. The second kappa shape index (κ2) is 8.59. The number of thioether (sulfide) groups is 1. The van der Waals surface area contributed by atoms with Crippen molar-refractivity contribution in [3.05, 3.63) is 28.7 Å². The Labute approximate surface area is 162 Å². The van der Waals surface area contributed by atoms with E-state index < -0.39 is 0 Å². The molecule has 1 amide bonds. The van der Waals surface area contributed by atoms with Gasteiger partial charge in [-0.05, 0) is 37.1 Å². The topological polar surface area (TPSA) is 35.9 Å². The van der Waals surface area contributed by atoms with Crippen molar-refractivity contribution < 1.29 is 4.79 Å². The van der Waals surface area contributed by atoms with Gasteiger partial charge >= 0.3 is 0 Å². The van der Waals surface area contributed by atoms with Crippen molar-refractivity contribution in [2.75, 3.05) is 17.7 Å². The number of nitrogens with zero attached hydrogens (tertiary/aromatic N) is 3. The highest BCUT2D eigenvalue weighted by Gasteiger charge is 2.35. The van der Waals surface area contributed by atoms with Gasteiger partial charge in [0.1, 0.15) is 6.17 Å². The highest BCUT2D eigenvalue weighted by atomic mass is 79.9. The lowest BCUT2D eigenvalue weighted by Gasteiger charge is -2.33. The number of anilines is 1. The number of halogens is 2. The average Bonchev–Trinajstić information content (AvgIpc) is 3.14. The summed E-state index contributed by atoms with van der Waals surface area (Å²) >= 11 is 5.21. The Balaban J connectivity index is 0.00000208. The maximum atomic E-state index is 12.3. The lowest BCUT2D eigenvalue weighted by Crippen LogP contribution is -2.48. The molecule has 1 saturated carbocycles. The number of amides is 1. The predicted octanol–water partition coefficient (Wildman–Crippen LogP) is 4.53. The van der Waals surface area contributed by atoms with Crippen molar-refractivity contribution in [1.29, 1.82) is 0 Å². The fourth-order valence-electron chi connectivity index (χ4n) is 3.22. The van der Waals surface area contributed by atoms with Crippen LogP contribution in [0.25, 0.3) is 0 Å². The fourth-order valence-corrected chi connectivity index (χ4v) is 4.71. The first-order valence-electron chi connectivity index (χ1n) is 8.05. The van der Waals surface area contributed by atoms with Gasteiger partial charge in [0.05, 0.1) is 6.04 Å². The third-order valence-electron chi connectivity index (χ3n) is 4.47. The van der Waals surface area contributed by atoms with Crippen molar-refractivity contribution in [3.8, 4) is 0 Å². The summed E-state index contributed by atoms with van der Waals surface area (Å²) in [6, 6.07) is 8.38. The Morgan fingerprint density at radius 3 is 2.50 bits per heavy atom. The summed E-state index contributed by atoms with van der Waals surface area (Å²) in [7, 11) is 2.05. The van der Waals surface area contributed by atoms with Gasteiger partial charge in [0, 0.05) is 29.9 Å². The Morgan fingerprint density at radius 2 is 1.92 bits per heavy atom. The first-order valence-corrected chi connectivity index (χ1v) is 9.83. The molecule has 1 aromatic rings. The molecular formula is C17H23BrClN3OS. The SMILES string of the molecule is CC(=O)N(c1ccc(Br)cc1)C1CSC(=NC2CCCC2)N1C.Cl. The van der Waals surface area contributed by atoms with Gasteiger partial charge in [0.25, 0.3) is 0 Å². The third-order valence-corrected chi connectivity index (χ3v) is 6.12. The van der Waals surface area contributed by atoms with Crippen LogP contribution < -0.4 is 4.90 Å². The number of benzene rings is 1. The molecule has 7 heteroatoms. The van der Waals surface area contributed by atoms with Gasteiger partial charge in [-0.1, -0.05) is 40.5 Å². The third kappa shape index (κ3) is 4.27. The second-order valence-corrected chi connectivity index (χ2v) is 8.02. The number of carbonyl (C=O) groups excluding carboxylic acids is 1. The average molecular weight is 433 g/mol. The number of carbonyl (C=O) groups is 1. The molecular weight excluding hydrogens is 410 g/mol. The van der Waals surface area contributed by atoms with Gasteiger partial charge in [-0.25, -0.2) is 0 Å². The van der Waals surface area contributed by atoms with Crippen LogP contribution in [0.4, 0.5) is 5.69 Å². The van der Waals surface area contributed by atoms with E-state index in [9.17, 15) is 4.79 Å². The van der Waals surface area contributed by atoms with Crippen molar-refractivity contribution in [3.63, 3.8) is 0 Å². The highest BCUT2D eigenvalue weighted by Crippen LogP contribution is 2.31. The van der Waals surface area contributed by atoms with E-state index in [0.717, 1.165) is 21.1 Å². The summed E-state index contributed by atoms with van der Waals surface area (Å²) in [4.78, 5) is 21.2. The molecule has 2 aliphatic rings. The van der Waals surface area contributed by atoms with Crippen LogP contribution in [-0.2, 0) is 4.79 Å². The van der Waals surface area contributed by atoms with Crippen molar-refractivity contribution in [1.82, 2.24) is 4.90 Å². The van der Waals surface area contributed by atoms with E-state index in [1.54, 1.807) is 18.7 Å². The van der Waals surface area contributed by atoms with Gasteiger partial charge in [0.15, 0.2) is 5.17 Å². The first-order chi connectivity index (χ1) is 11.1. The zero-order valence-electron chi connectivity index (χ0n) is 13.9. The van der Waals surface area contributed by atoms with E-state index in [0.29, 0.717) is 6.04 Å².